The van der Waals surface area contributed by atoms with Gasteiger partial charge in [0.05, 0.1) is 17.5 Å². The number of hydrogen-bond donors (Lipinski definition) is 4. The van der Waals surface area contributed by atoms with Crippen molar-refractivity contribution in [1.82, 2.24) is 30.2 Å². The molecule has 3 amide bonds. The Morgan fingerprint density at radius 3 is 2.45 bits per heavy atom. The molecule has 0 radical (unpaired) electrons. The van der Waals surface area contributed by atoms with Crippen molar-refractivity contribution in [2.24, 2.45) is 0 Å². The molecular formula is C30H29N7O7. The Kier molecular flexibility index (Phi) is 8.27. The predicted molar refractivity (Wildman–Crippen MR) is 157 cm³/mol. The van der Waals surface area contributed by atoms with Gasteiger partial charge in [0.25, 0.3) is 5.91 Å². The molecule has 4 N–H and O–H groups in total. The monoisotopic (exact) mass is 599 g/mol. The summed E-state index contributed by atoms with van der Waals surface area (Å²) in [5.41, 5.74) is 1.63. The van der Waals surface area contributed by atoms with E-state index in [2.05, 4.69) is 30.9 Å². The molecule has 4 aromatic rings. The molecule has 2 aromatic carbocycles. The minimum absolute atomic E-state index is 0.00847. The lowest BCUT2D eigenvalue weighted by atomic mass is 10.1. The van der Waals surface area contributed by atoms with Gasteiger partial charge in [0.1, 0.15) is 24.6 Å². The summed E-state index contributed by atoms with van der Waals surface area (Å²) in [6.07, 6.45) is 3.14. The molecule has 14 nitrogen and oxygen atoms in total. The van der Waals surface area contributed by atoms with Gasteiger partial charge in [-0.3, -0.25) is 14.7 Å². The zero-order chi connectivity index (χ0) is 30.6. The maximum Gasteiger partial charge on any atom is 0.336 e. The van der Waals surface area contributed by atoms with Crippen molar-refractivity contribution >= 4 is 41.0 Å². The maximum atomic E-state index is 13.0. The number of imidazole rings is 1. The number of rotatable bonds is 9. The Hall–Kier alpha value is -5.18. The van der Waals surface area contributed by atoms with Crippen LogP contribution in [0.3, 0.4) is 0 Å². The fraction of sp³-hybridized carbons (Fsp3) is 0.267. The number of benzene rings is 2. The number of aromatic carboxylic acids is 1. The highest BCUT2D eigenvalue weighted by molar-refractivity contribution is 6.04. The van der Waals surface area contributed by atoms with Crippen LogP contribution >= 0.6 is 0 Å². The Bertz CT molecular complexity index is 1710. The summed E-state index contributed by atoms with van der Waals surface area (Å²) in [5, 5.41) is 17.6. The first-order valence-corrected chi connectivity index (χ1v) is 14.0. The molecule has 4 heterocycles. The van der Waals surface area contributed by atoms with Crippen LogP contribution in [0.15, 0.2) is 73.3 Å². The molecule has 0 bridgehead atoms. The molecular weight excluding hydrogens is 570 g/mol. The number of nitrogens with zero attached hydrogens (tertiary/aromatic N) is 4. The van der Waals surface area contributed by atoms with E-state index in [1.165, 1.54) is 24.8 Å². The number of amides is 3. The van der Waals surface area contributed by atoms with Crippen molar-refractivity contribution in [2.45, 2.75) is 37.8 Å². The van der Waals surface area contributed by atoms with Gasteiger partial charge in [-0.25, -0.2) is 24.5 Å². The number of carbonyl (C=O) groups is 3. The zero-order valence-corrected chi connectivity index (χ0v) is 23.5. The van der Waals surface area contributed by atoms with Crippen molar-refractivity contribution in [3.8, 4) is 0 Å². The molecule has 5 atom stereocenters. The smallest absolute Gasteiger partial charge is 0.336 e. The molecule has 0 aliphatic carbocycles. The van der Waals surface area contributed by atoms with Crippen molar-refractivity contribution in [3.05, 3.63) is 90.0 Å². The number of carboxylic acid groups (broad SMARTS) is 1. The van der Waals surface area contributed by atoms with E-state index in [0.29, 0.717) is 17.7 Å². The van der Waals surface area contributed by atoms with E-state index >= 15 is 0 Å². The second kappa shape index (κ2) is 12.6. The van der Waals surface area contributed by atoms with E-state index in [-0.39, 0.29) is 23.5 Å². The van der Waals surface area contributed by atoms with E-state index < -0.39 is 48.7 Å². The normalized spacial score (nSPS) is 22.6. The lowest BCUT2D eigenvalue weighted by Gasteiger charge is -2.20. The number of hydrogen-bond acceptors (Lipinski definition) is 9. The third-order valence-electron chi connectivity index (χ3n) is 7.18. The van der Waals surface area contributed by atoms with E-state index in [0.717, 1.165) is 5.56 Å². The molecule has 14 heteroatoms. The van der Waals surface area contributed by atoms with Crippen LogP contribution in [-0.2, 0) is 14.2 Å². The van der Waals surface area contributed by atoms with Crippen LogP contribution in [-0.4, -0.2) is 80.2 Å². The Labute approximate surface area is 251 Å². The zero-order valence-electron chi connectivity index (χ0n) is 23.5. The fourth-order valence-corrected chi connectivity index (χ4v) is 5.19. The highest BCUT2D eigenvalue weighted by Crippen LogP contribution is 2.41. The molecule has 2 aliphatic heterocycles. The highest BCUT2D eigenvalue weighted by atomic mass is 16.8. The number of carbonyl (C=O) groups excluding carboxylic acids is 2. The minimum atomic E-state index is -1.21. The van der Waals surface area contributed by atoms with Crippen LogP contribution in [0, 0.1) is 0 Å². The fourth-order valence-electron chi connectivity index (χ4n) is 5.19. The number of urea groups is 1. The maximum absolute atomic E-state index is 13.0. The van der Waals surface area contributed by atoms with Gasteiger partial charge < -0.3 is 30.0 Å². The largest absolute Gasteiger partial charge is 0.478 e. The summed E-state index contributed by atoms with van der Waals surface area (Å²) in [4.78, 5) is 49.8. The second-order valence-corrected chi connectivity index (χ2v) is 10.00. The lowest BCUT2D eigenvalue weighted by Crippen LogP contribution is -2.39. The molecule has 4 unspecified atom stereocenters. The van der Waals surface area contributed by atoms with Crippen molar-refractivity contribution in [1.29, 1.82) is 0 Å². The number of anilines is 1. The van der Waals surface area contributed by atoms with Gasteiger partial charge in [-0.1, -0.05) is 48.5 Å². The van der Waals surface area contributed by atoms with Crippen LogP contribution in [0.1, 0.15) is 39.4 Å². The summed E-state index contributed by atoms with van der Waals surface area (Å²) < 4.78 is 20.6. The molecule has 2 aliphatic rings. The van der Waals surface area contributed by atoms with Crippen LogP contribution in [0.25, 0.3) is 17.2 Å². The number of carboxylic acids is 1. The molecule has 0 spiro atoms. The molecule has 44 heavy (non-hydrogen) atoms. The average Bonchev–Trinajstić information content (AvgIpc) is 3.74. The molecule has 2 fully saturated rings. The summed E-state index contributed by atoms with van der Waals surface area (Å²) >= 11 is 0. The third-order valence-corrected chi connectivity index (χ3v) is 7.18. The van der Waals surface area contributed by atoms with E-state index in [4.69, 9.17) is 14.2 Å². The summed E-state index contributed by atoms with van der Waals surface area (Å²) in [5.74, 6) is -1.54. The molecule has 2 aromatic heterocycles. The van der Waals surface area contributed by atoms with Gasteiger partial charge in [0.15, 0.2) is 29.5 Å². The van der Waals surface area contributed by atoms with Gasteiger partial charge in [-0.15, -0.1) is 0 Å². The third kappa shape index (κ3) is 5.86. The van der Waals surface area contributed by atoms with Crippen LogP contribution in [0.2, 0.25) is 0 Å². The van der Waals surface area contributed by atoms with Crippen LogP contribution in [0.4, 0.5) is 10.6 Å². The van der Waals surface area contributed by atoms with Crippen molar-refractivity contribution in [3.63, 3.8) is 0 Å². The number of nitrogens with one attached hydrogen (secondary N) is 3. The van der Waals surface area contributed by atoms with Gasteiger partial charge in [-0.05, 0) is 30.7 Å². The number of ether oxygens (including phenoxy) is 3. The molecule has 6 rings (SSSR count). The minimum Gasteiger partial charge on any atom is -0.478 e. The summed E-state index contributed by atoms with van der Waals surface area (Å²) in [6, 6.07) is 15.2. The first kappa shape index (κ1) is 28.9. The van der Waals surface area contributed by atoms with Crippen LogP contribution < -0.4 is 16.0 Å². The summed E-state index contributed by atoms with van der Waals surface area (Å²) in [6.45, 7) is 2.24. The van der Waals surface area contributed by atoms with Gasteiger partial charge in [0, 0.05) is 13.1 Å². The van der Waals surface area contributed by atoms with E-state index in [1.54, 1.807) is 29.7 Å². The Morgan fingerprint density at radius 1 is 0.932 bits per heavy atom. The van der Waals surface area contributed by atoms with Gasteiger partial charge >= 0.3 is 12.0 Å². The number of aromatic nitrogens is 4. The Balaban J connectivity index is 1.26. The van der Waals surface area contributed by atoms with Gasteiger partial charge in [0.2, 0.25) is 0 Å². The van der Waals surface area contributed by atoms with Crippen molar-refractivity contribution in [2.75, 3.05) is 18.4 Å². The lowest BCUT2D eigenvalue weighted by molar-refractivity contribution is -0.123. The summed E-state index contributed by atoms with van der Waals surface area (Å²) in [7, 11) is 0. The predicted octanol–water partition coefficient (Wildman–Crippen LogP) is 2.82. The van der Waals surface area contributed by atoms with Gasteiger partial charge in [-0.2, -0.15) is 0 Å². The standard InChI is InChI=1S/C30H29N7O7/c1-2-31-30(41)36-25-22-26(34-15-33-25)37(16-35-22)28-24-23(43-21(44-24)13-12-17-8-4-3-5-9-17)20(42-28)14-32-27(38)18-10-6-7-11-19(18)29(39)40/h3-13,15-16,20-21,23-24,28H,2,14H2,1H3,(H,32,38)(H,39,40)(H2,31,33,34,36,41)/b13-12+/t20?,21-,23?,24?,28?/m0/s1. The first-order chi connectivity index (χ1) is 21.4. The van der Waals surface area contributed by atoms with E-state index in [1.807, 2.05) is 36.4 Å². The molecule has 2 saturated heterocycles. The second-order valence-electron chi connectivity index (χ2n) is 10.00. The molecule has 226 valence electrons. The topological polar surface area (TPSA) is 179 Å². The number of fused-ring (bicyclic) bond motifs is 2. The first-order valence-electron chi connectivity index (χ1n) is 14.0. The quantitative estimate of drug-likeness (QED) is 0.224. The molecule has 0 saturated carbocycles. The SMILES string of the molecule is CCNC(=O)Nc1ncnc2c1ncn2C1OC(CNC(=O)c2ccccc2C(=O)O)C2O[C@H](/C=C/c3ccccc3)OC21. The Morgan fingerprint density at radius 2 is 1.68 bits per heavy atom. The van der Waals surface area contributed by atoms with E-state index in [9.17, 15) is 19.5 Å². The van der Waals surface area contributed by atoms with Crippen LogP contribution in [0.5, 0.6) is 0 Å². The average molecular weight is 600 g/mol. The highest BCUT2D eigenvalue weighted by Gasteiger charge is 2.53. The van der Waals surface area contributed by atoms with Crippen molar-refractivity contribution < 1.29 is 33.7 Å².